The summed E-state index contributed by atoms with van der Waals surface area (Å²) in [5.41, 5.74) is 0. The fraction of sp³-hybridized carbons (Fsp3) is 0.871. The molecule has 103 heavy (non-hydrogen) atoms. The number of allylic oxidation sites excluding steroid dienone is 10. The highest BCUT2D eigenvalue weighted by molar-refractivity contribution is 7.47. The van der Waals surface area contributed by atoms with Crippen molar-refractivity contribution in [1.29, 1.82) is 0 Å². The van der Waals surface area contributed by atoms with Gasteiger partial charge in [-0.2, -0.15) is 0 Å². The van der Waals surface area contributed by atoms with Gasteiger partial charge in [0.25, 0.3) is 0 Å². The Hall–Kier alpha value is -2.29. The van der Waals surface area contributed by atoms with Crippen molar-refractivity contribution in [2.45, 2.75) is 476 Å². The molecule has 2 atom stereocenters. The maximum absolute atomic E-state index is 13.0. The van der Waals surface area contributed by atoms with Crippen LogP contribution in [0.1, 0.15) is 470 Å². The number of hydrogen-bond acceptors (Lipinski definition) is 7. The lowest BCUT2D eigenvalue weighted by atomic mass is 10.0. The highest BCUT2D eigenvalue weighted by Crippen LogP contribution is 2.43. The van der Waals surface area contributed by atoms with E-state index >= 15 is 0 Å². The zero-order valence-corrected chi connectivity index (χ0v) is 70.5. The molecule has 0 radical (unpaired) electrons. The van der Waals surface area contributed by atoms with Crippen molar-refractivity contribution in [3.63, 3.8) is 0 Å². The Bertz CT molecular complexity index is 1920. The number of rotatable bonds is 86. The minimum absolute atomic E-state index is 0.0349. The Morgan fingerprint density at radius 3 is 0.825 bits per heavy atom. The van der Waals surface area contributed by atoms with Crippen molar-refractivity contribution >= 4 is 19.8 Å². The van der Waals surface area contributed by atoms with E-state index in [4.69, 9.17) is 18.5 Å². The molecule has 0 aromatic heterocycles. The smallest absolute Gasteiger partial charge is 0.462 e. The number of carbonyl (C=O) groups excluding carboxylic acids is 2. The summed E-state index contributed by atoms with van der Waals surface area (Å²) in [5.74, 6) is -0.769. The number of ether oxygens (including phenoxy) is 2. The van der Waals surface area contributed by atoms with Gasteiger partial charge in [0.1, 0.15) is 19.8 Å². The molecule has 10 heteroatoms. The summed E-state index contributed by atoms with van der Waals surface area (Å²) < 4.78 is 34.9. The number of unbranched alkanes of at least 4 members (excludes halogenated alkanes) is 62. The van der Waals surface area contributed by atoms with Crippen molar-refractivity contribution < 1.29 is 42.1 Å². The molecule has 0 rings (SSSR count). The number of quaternary nitrogens is 1. The topological polar surface area (TPSA) is 108 Å². The highest BCUT2D eigenvalue weighted by Gasteiger charge is 2.27. The molecule has 0 aliphatic rings. The van der Waals surface area contributed by atoms with E-state index in [2.05, 4.69) is 74.6 Å². The number of hydrogen-bond donors (Lipinski definition) is 1. The number of esters is 2. The third-order valence-corrected chi connectivity index (χ3v) is 21.8. The monoisotopic (exact) mass is 1470 g/mol. The van der Waals surface area contributed by atoms with Gasteiger partial charge in [-0.1, -0.05) is 460 Å². The van der Waals surface area contributed by atoms with Crippen LogP contribution in [0, 0.1) is 0 Å². The largest absolute Gasteiger partial charge is 0.472 e. The van der Waals surface area contributed by atoms with Gasteiger partial charge in [0.15, 0.2) is 6.10 Å². The molecule has 0 aromatic rings. The highest BCUT2D eigenvalue weighted by atomic mass is 31.2. The SMILES string of the molecule is CC/C=C\C/C=C\C/C=C\C/C=C\C/C=C\CCCCCCCCCCCCCCCCCCCCCCCCCC(=O)OC(COC(=O)CCCCCCCCCCCCCCCCCCCCCCCCCCCCCCCCCCCCCCCCCC)COP(=O)(O)OCC[N+](C)(C)C. The second-order valence-electron chi connectivity index (χ2n) is 32.3. The Labute approximate surface area is 642 Å². The minimum atomic E-state index is -4.40. The summed E-state index contributed by atoms with van der Waals surface area (Å²) in [7, 11) is 1.50. The lowest BCUT2D eigenvalue weighted by Gasteiger charge is -2.24. The van der Waals surface area contributed by atoms with Crippen molar-refractivity contribution in [3.05, 3.63) is 60.8 Å². The second-order valence-corrected chi connectivity index (χ2v) is 33.8. The van der Waals surface area contributed by atoms with Crippen molar-refractivity contribution in [3.8, 4) is 0 Å². The fourth-order valence-corrected chi connectivity index (χ4v) is 14.7. The molecule has 0 aliphatic carbocycles. The van der Waals surface area contributed by atoms with E-state index in [1.165, 1.54) is 372 Å². The molecule has 0 spiro atoms. The summed E-state index contributed by atoms with van der Waals surface area (Å²) in [5, 5.41) is 0. The molecule has 0 heterocycles. The van der Waals surface area contributed by atoms with Gasteiger partial charge in [-0.05, 0) is 57.8 Å². The zero-order chi connectivity index (χ0) is 74.7. The molecule has 0 bridgehead atoms. The normalized spacial score (nSPS) is 13.2. The first-order chi connectivity index (χ1) is 50.5. The Kier molecular flexibility index (Phi) is 81.9. The Morgan fingerprint density at radius 2 is 0.553 bits per heavy atom. The number of likely N-dealkylation sites (N-methyl/N-ethyl adjacent to an activating group) is 1. The predicted octanol–water partition coefficient (Wildman–Crippen LogP) is 30.8. The van der Waals surface area contributed by atoms with Crippen LogP contribution in [0.3, 0.4) is 0 Å². The number of carbonyl (C=O) groups is 2. The van der Waals surface area contributed by atoms with Gasteiger partial charge in [-0.25, -0.2) is 4.57 Å². The maximum atomic E-state index is 13.0. The number of nitrogens with zero attached hydrogens (tertiary/aromatic N) is 1. The average Bonchev–Trinajstić information content (AvgIpc) is 1.01. The first-order valence-electron chi connectivity index (χ1n) is 45.5. The van der Waals surface area contributed by atoms with Crippen LogP contribution >= 0.6 is 7.82 Å². The molecular formula is C93H177NO8P+. The fourth-order valence-electron chi connectivity index (χ4n) is 13.9. The van der Waals surface area contributed by atoms with Crippen LogP contribution in [0.25, 0.3) is 0 Å². The second kappa shape index (κ2) is 83.7. The van der Waals surface area contributed by atoms with Gasteiger partial charge in [-0.15, -0.1) is 0 Å². The van der Waals surface area contributed by atoms with Gasteiger partial charge in [0, 0.05) is 12.8 Å². The van der Waals surface area contributed by atoms with Crippen LogP contribution in [0.4, 0.5) is 0 Å². The van der Waals surface area contributed by atoms with E-state index in [-0.39, 0.29) is 25.6 Å². The molecule has 606 valence electrons. The number of phosphoric ester groups is 1. The van der Waals surface area contributed by atoms with Gasteiger partial charge >= 0.3 is 19.8 Å². The minimum Gasteiger partial charge on any atom is -0.462 e. The molecule has 9 nitrogen and oxygen atoms in total. The molecule has 0 saturated heterocycles. The molecule has 0 aliphatic heterocycles. The van der Waals surface area contributed by atoms with Gasteiger partial charge in [0.05, 0.1) is 27.7 Å². The van der Waals surface area contributed by atoms with Crippen LogP contribution in [0.2, 0.25) is 0 Å². The molecular weight excluding hydrogens is 1290 g/mol. The third-order valence-electron chi connectivity index (χ3n) is 20.8. The zero-order valence-electron chi connectivity index (χ0n) is 69.6. The quantitative estimate of drug-likeness (QED) is 0.0211. The van der Waals surface area contributed by atoms with E-state index in [1.807, 2.05) is 21.1 Å². The van der Waals surface area contributed by atoms with Crippen LogP contribution in [-0.4, -0.2) is 74.9 Å². The lowest BCUT2D eigenvalue weighted by molar-refractivity contribution is -0.870. The van der Waals surface area contributed by atoms with Crippen molar-refractivity contribution in [2.24, 2.45) is 0 Å². The summed E-state index contributed by atoms with van der Waals surface area (Å²) >= 11 is 0. The predicted molar refractivity (Wildman–Crippen MR) is 450 cm³/mol. The van der Waals surface area contributed by atoms with Crippen molar-refractivity contribution in [1.82, 2.24) is 0 Å². The first-order valence-corrected chi connectivity index (χ1v) is 47.0. The molecule has 0 aromatic carbocycles. The summed E-state index contributed by atoms with van der Waals surface area (Å²) in [4.78, 5) is 36.1. The van der Waals surface area contributed by atoms with Gasteiger partial charge in [0.2, 0.25) is 0 Å². The van der Waals surface area contributed by atoms with Crippen molar-refractivity contribution in [2.75, 3.05) is 47.5 Å². The van der Waals surface area contributed by atoms with Crippen LogP contribution in [0.5, 0.6) is 0 Å². The molecule has 2 unspecified atom stereocenters. The van der Waals surface area contributed by atoms with E-state index in [0.29, 0.717) is 23.9 Å². The molecule has 0 fully saturated rings. The van der Waals surface area contributed by atoms with Gasteiger partial charge < -0.3 is 18.9 Å². The summed E-state index contributed by atoms with van der Waals surface area (Å²) in [6.07, 6.45) is 114. The van der Waals surface area contributed by atoms with E-state index in [9.17, 15) is 19.0 Å². The van der Waals surface area contributed by atoms with E-state index in [0.717, 1.165) is 64.2 Å². The Morgan fingerprint density at radius 1 is 0.311 bits per heavy atom. The standard InChI is InChI=1S/C93H176NO8P/c1-6-8-10-12-14-16-18-20-22-24-26-28-30-32-34-36-38-40-42-44-46-48-49-51-53-55-57-59-61-63-65-67-69-71-73-75-77-79-81-83-85-92(95)99-89-91(90-101-103(97,98)100-88-87-94(3,4)5)102-93(96)86-84-82-80-78-76-74-72-70-68-66-64-62-60-58-56-54-52-50-47-45-43-41-39-37-35-33-31-29-27-25-23-21-19-17-15-13-11-9-7-2/h9,11,15,17,21,23,27,29,33,35,91H,6-8,10,12-14,16,18-20,22,24-26,28,30-32,34,36-90H2,1-5H3/p+1/b11-9-,17-15-,23-21-,29-27-,35-33-. The summed E-state index contributed by atoms with van der Waals surface area (Å²) in [6, 6.07) is 0. The van der Waals surface area contributed by atoms with Crippen LogP contribution in [0.15, 0.2) is 60.8 Å². The molecule has 0 saturated carbocycles. The molecule has 1 N–H and O–H groups in total. The first kappa shape index (κ1) is 101. The van der Waals surface area contributed by atoms with Crippen LogP contribution < -0.4 is 0 Å². The third kappa shape index (κ3) is 88.5. The molecule has 0 amide bonds. The maximum Gasteiger partial charge on any atom is 0.472 e. The van der Waals surface area contributed by atoms with Crippen LogP contribution in [-0.2, 0) is 32.7 Å². The lowest BCUT2D eigenvalue weighted by Crippen LogP contribution is -2.37. The average molecular weight is 1470 g/mol. The summed E-state index contributed by atoms with van der Waals surface area (Å²) in [6.45, 7) is 4.41. The van der Waals surface area contributed by atoms with Gasteiger partial charge in [-0.3, -0.25) is 18.6 Å². The number of phosphoric acid groups is 1. The Balaban J connectivity index is 3.83. The van der Waals surface area contributed by atoms with E-state index < -0.39 is 26.5 Å². The van der Waals surface area contributed by atoms with E-state index in [1.54, 1.807) is 0 Å².